The third-order valence-corrected chi connectivity index (χ3v) is 10.1. The zero-order valence-electron chi connectivity index (χ0n) is 21.7. The summed E-state index contributed by atoms with van der Waals surface area (Å²) in [6.07, 6.45) is 14.2. The van der Waals surface area contributed by atoms with E-state index in [9.17, 15) is 0 Å². The van der Waals surface area contributed by atoms with E-state index in [-0.39, 0.29) is 0 Å². The van der Waals surface area contributed by atoms with Gasteiger partial charge in [0.25, 0.3) is 0 Å². The largest absolute Gasteiger partial charge is 0.366 e. The summed E-state index contributed by atoms with van der Waals surface area (Å²) in [6, 6.07) is 2.23. The second-order valence-electron chi connectivity index (χ2n) is 12.0. The van der Waals surface area contributed by atoms with Crippen molar-refractivity contribution in [2.45, 2.75) is 90.3 Å². The average molecular weight is 474 g/mol. The number of likely N-dealkylation sites (tertiary alicyclic amines) is 1. The molecule has 0 unspecified atom stereocenters. The first-order valence-electron chi connectivity index (χ1n) is 13.8. The highest BCUT2D eigenvalue weighted by molar-refractivity contribution is 5.89. The number of fused-ring (bicyclic) bond motifs is 5. The quantitative estimate of drug-likeness (QED) is 0.557. The Morgan fingerprint density at radius 2 is 1.71 bits per heavy atom. The van der Waals surface area contributed by atoms with E-state index in [2.05, 4.69) is 39.5 Å². The zero-order valence-corrected chi connectivity index (χ0v) is 21.7. The fraction of sp³-hybridized carbons (Fsp3) is 0.679. The van der Waals surface area contributed by atoms with Crippen LogP contribution < -0.4 is 4.90 Å². The van der Waals surface area contributed by atoms with E-state index in [1.54, 1.807) is 0 Å². The van der Waals surface area contributed by atoms with Crippen LogP contribution in [-0.4, -0.2) is 54.6 Å². The van der Waals surface area contributed by atoms with Crippen LogP contribution in [0.25, 0.3) is 11.0 Å². The first-order valence-corrected chi connectivity index (χ1v) is 13.8. The summed E-state index contributed by atoms with van der Waals surface area (Å²) in [7, 11) is 1.98. The highest BCUT2D eigenvalue weighted by Gasteiger charge is 2.51. The molecule has 35 heavy (non-hydrogen) atoms. The average Bonchev–Trinajstić information content (AvgIpc) is 3.61. The molecule has 0 atom stereocenters. The van der Waals surface area contributed by atoms with Crippen molar-refractivity contribution in [2.24, 2.45) is 12.5 Å². The van der Waals surface area contributed by atoms with E-state index in [0.717, 1.165) is 42.8 Å². The highest BCUT2D eigenvalue weighted by atomic mass is 15.3. The van der Waals surface area contributed by atoms with Gasteiger partial charge in [0.2, 0.25) is 0 Å². The van der Waals surface area contributed by atoms with Gasteiger partial charge in [-0.15, -0.1) is 0 Å². The third-order valence-electron chi connectivity index (χ3n) is 10.1. The van der Waals surface area contributed by atoms with Gasteiger partial charge in [-0.3, -0.25) is 14.3 Å². The van der Waals surface area contributed by atoms with Crippen LogP contribution in [0, 0.1) is 19.3 Å². The molecule has 5 aliphatic rings. The Bertz CT molecular complexity index is 1250. The van der Waals surface area contributed by atoms with Gasteiger partial charge in [-0.1, -0.05) is 0 Å². The van der Waals surface area contributed by atoms with Gasteiger partial charge in [-0.25, -0.2) is 4.98 Å². The molecule has 0 amide bonds. The number of rotatable bonds is 4. The lowest BCUT2D eigenvalue weighted by Gasteiger charge is -2.57. The Balaban J connectivity index is 1.12. The summed E-state index contributed by atoms with van der Waals surface area (Å²) in [5.74, 6) is 0. The van der Waals surface area contributed by atoms with Crippen LogP contribution in [0.1, 0.15) is 74.0 Å². The van der Waals surface area contributed by atoms with Gasteiger partial charge in [-0.2, -0.15) is 10.2 Å². The molecule has 7 heteroatoms. The molecule has 3 aromatic heterocycles. The van der Waals surface area contributed by atoms with Crippen molar-refractivity contribution in [3.63, 3.8) is 0 Å². The van der Waals surface area contributed by atoms with Crippen LogP contribution in [0.2, 0.25) is 0 Å². The number of hydrogen-bond donors (Lipinski definition) is 0. The molecule has 4 fully saturated rings. The predicted octanol–water partition coefficient (Wildman–Crippen LogP) is 4.53. The number of aryl methyl sites for hydroxylation is 3. The fourth-order valence-electron chi connectivity index (χ4n) is 7.94. The second-order valence-corrected chi connectivity index (χ2v) is 12.0. The minimum atomic E-state index is 0.467. The van der Waals surface area contributed by atoms with Gasteiger partial charge in [0, 0.05) is 55.6 Å². The molecule has 0 N–H and O–H groups in total. The molecule has 7 nitrogen and oxygen atoms in total. The Morgan fingerprint density at radius 1 is 0.971 bits per heavy atom. The third kappa shape index (κ3) is 3.37. The maximum Gasteiger partial charge on any atom is 0.159 e. The van der Waals surface area contributed by atoms with Crippen molar-refractivity contribution >= 4 is 16.7 Å². The van der Waals surface area contributed by atoms with E-state index in [4.69, 9.17) is 10.1 Å². The number of anilines is 1. The van der Waals surface area contributed by atoms with Crippen LogP contribution in [0.5, 0.6) is 0 Å². The lowest BCUT2D eigenvalue weighted by atomic mass is 9.56. The van der Waals surface area contributed by atoms with Gasteiger partial charge in [0.15, 0.2) is 5.65 Å². The van der Waals surface area contributed by atoms with Gasteiger partial charge in [-0.05, 0) is 89.8 Å². The molecule has 8 rings (SSSR count). The monoisotopic (exact) mass is 473 g/mol. The van der Waals surface area contributed by atoms with E-state index >= 15 is 0 Å². The standard InChI is InChI=1S/C28H39N7/c1-20-16-25(22-17-29-32(3)26(22)30-20)33-15-6-24-23(18-33)21(2)31-35(24)19-27-7-10-28(11-8-27,12-9-27)34-13-4-5-14-34/h16-17H,4-15,18-19H2,1-3H3. The maximum atomic E-state index is 5.15. The predicted molar refractivity (Wildman–Crippen MR) is 139 cm³/mol. The molecular formula is C28H39N7. The summed E-state index contributed by atoms with van der Waals surface area (Å²) >= 11 is 0. The normalized spacial score (nSPS) is 28.8. The van der Waals surface area contributed by atoms with Crippen LogP contribution in [0.15, 0.2) is 12.3 Å². The minimum Gasteiger partial charge on any atom is -0.366 e. The van der Waals surface area contributed by atoms with Gasteiger partial charge in [0.05, 0.1) is 23.0 Å². The summed E-state index contributed by atoms with van der Waals surface area (Å²) in [6.45, 7) is 10.1. The van der Waals surface area contributed by atoms with Gasteiger partial charge >= 0.3 is 0 Å². The number of aromatic nitrogens is 5. The molecule has 5 heterocycles. The Kier molecular flexibility index (Phi) is 4.86. The van der Waals surface area contributed by atoms with Crippen molar-refractivity contribution in [1.82, 2.24) is 29.4 Å². The van der Waals surface area contributed by atoms with E-state index in [0.29, 0.717) is 11.0 Å². The first kappa shape index (κ1) is 21.8. The Labute approximate surface area is 208 Å². The molecule has 2 bridgehead atoms. The van der Waals surface area contributed by atoms with Crippen LogP contribution >= 0.6 is 0 Å². The molecule has 0 aromatic carbocycles. The van der Waals surface area contributed by atoms with Crippen molar-refractivity contribution in [3.05, 3.63) is 34.9 Å². The minimum absolute atomic E-state index is 0.467. The second kappa shape index (κ2) is 7.79. The SMILES string of the molecule is Cc1cc(N2CCc3c(c(C)nn3CC34CCC(N5CCCC5)(CC3)CC4)C2)c2cnn(C)c2n1. The summed E-state index contributed by atoms with van der Waals surface area (Å²) in [5.41, 5.74) is 8.43. The maximum absolute atomic E-state index is 5.15. The first-order chi connectivity index (χ1) is 17.0. The summed E-state index contributed by atoms with van der Waals surface area (Å²) < 4.78 is 4.32. The van der Waals surface area contributed by atoms with Crippen LogP contribution in [0.4, 0.5) is 5.69 Å². The molecule has 3 aromatic rings. The smallest absolute Gasteiger partial charge is 0.159 e. The molecule has 0 spiro atoms. The van der Waals surface area contributed by atoms with Crippen molar-refractivity contribution in [3.8, 4) is 0 Å². The summed E-state index contributed by atoms with van der Waals surface area (Å²) in [4.78, 5) is 10.1. The lowest BCUT2D eigenvalue weighted by molar-refractivity contribution is -0.0534. The molecule has 1 saturated heterocycles. The number of pyridine rings is 1. The number of nitrogens with zero attached hydrogens (tertiary/aromatic N) is 7. The highest BCUT2D eigenvalue weighted by Crippen LogP contribution is 2.56. The Hall–Kier alpha value is -2.41. The van der Waals surface area contributed by atoms with Crippen LogP contribution in [-0.2, 0) is 26.6 Å². The molecule has 3 aliphatic carbocycles. The van der Waals surface area contributed by atoms with Gasteiger partial charge in [0.1, 0.15) is 0 Å². The van der Waals surface area contributed by atoms with Crippen molar-refractivity contribution in [2.75, 3.05) is 24.5 Å². The zero-order chi connectivity index (χ0) is 23.8. The lowest BCUT2D eigenvalue weighted by Crippen LogP contribution is -2.56. The van der Waals surface area contributed by atoms with E-state index in [1.165, 1.54) is 87.1 Å². The Morgan fingerprint density at radius 3 is 2.46 bits per heavy atom. The van der Waals surface area contributed by atoms with Crippen molar-refractivity contribution in [1.29, 1.82) is 0 Å². The molecule has 186 valence electrons. The topological polar surface area (TPSA) is 55.0 Å². The molecule has 3 saturated carbocycles. The fourth-order valence-corrected chi connectivity index (χ4v) is 7.94. The number of hydrogen-bond acceptors (Lipinski definition) is 5. The van der Waals surface area contributed by atoms with Crippen molar-refractivity contribution < 1.29 is 0 Å². The molecular weight excluding hydrogens is 434 g/mol. The van der Waals surface area contributed by atoms with Gasteiger partial charge < -0.3 is 4.90 Å². The van der Waals surface area contributed by atoms with E-state index in [1.807, 2.05) is 17.9 Å². The van der Waals surface area contributed by atoms with Crippen LogP contribution in [0.3, 0.4) is 0 Å². The molecule has 2 aliphatic heterocycles. The molecule has 0 radical (unpaired) electrons. The van der Waals surface area contributed by atoms with E-state index < -0.39 is 0 Å². The summed E-state index contributed by atoms with van der Waals surface area (Å²) in [5, 5.41) is 10.8.